The van der Waals surface area contributed by atoms with E-state index in [2.05, 4.69) is 11.4 Å². The lowest BCUT2D eigenvalue weighted by Gasteiger charge is -2.41. The van der Waals surface area contributed by atoms with Gasteiger partial charge < -0.3 is 19.7 Å². The molecule has 0 radical (unpaired) electrons. The second-order valence-corrected chi connectivity index (χ2v) is 14.5. The van der Waals surface area contributed by atoms with Crippen molar-refractivity contribution in [2.45, 2.75) is 69.9 Å². The largest absolute Gasteiger partial charge is 0.493 e. The summed E-state index contributed by atoms with van der Waals surface area (Å²) in [7, 11) is -3.42. The molecule has 10 heteroatoms. The number of para-hydroxylation sites is 2. The van der Waals surface area contributed by atoms with Crippen LogP contribution in [0.3, 0.4) is 0 Å². The van der Waals surface area contributed by atoms with Gasteiger partial charge in [0.05, 0.1) is 18.6 Å². The van der Waals surface area contributed by atoms with Crippen molar-refractivity contribution in [3.63, 3.8) is 0 Å². The SMILES string of the molecule is CC(C)(C)OC(=O)N[C@@H](C[C@H]1CCOc2ccccc2C1)C(=O)N1CCC2(CC1)CN(S(C)(=O)=O)c1ccccc12. The van der Waals surface area contributed by atoms with Crippen LogP contribution < -0.4 is 14.4 Å². The Morgan fingerprint density at radius 3 is 2.49 bits per heavy atom. The number of nitrogens with one attached hydrogen (secondary N) is 1. The molecular formula is C31H41N3O6S. The quantitative estimate of drug-likeness (QED) is 0.564. The van der Waals surface area contributed by atoms with Gasteiger partial charge >= 0.3 is 6.09 Å². The minimum atomic E-state index is -3.42. The van der Waals surface area contributed by atoms with E-state index in [-0.39, 0.29) is 17.2 Å². The van der Waals surface area contributed by atoms with E-state index < -0.39 is 27.8 Å². The van der Waals surface area contributed by atoms with E-state index >= 15 is 0 Å². The van der Waals surface area contributed by atoms with E-state index in [0.717, 1.165) is 35.4 Å². The third-order valence-electron chi connectivity index (χ3n) is 8.45. The summed E-state index contributed by atoms with van der Waals surface area (Å²) in [6, 6.07) is 14.9. The Hall–Kier alpha value is -3.27. The van der Waals surface area contributed by atoms with Crippen LogP contribution in [0.2, 0.25) is 0 Å². The van der Waals surface area contributed by atoms with Gasteiger partial charge in [-0.05, 0) is 82.1 Å². The van der Waals surface area contributed by atoms with Gasteiger partial charge in [-0.3, -0.25) is 9.10 Å². The number of hydrogen-bond acceptors (Lipinski definition) is 6. The summed E-state index contributed by atoms with van der Waals surface area (Å²) in [5.41, 5.74) is 1.83. The van der Waals surface area contributed by atoms with Gasteiger partial charge in [0.2, 0.25) is 15.9 Å². The topological polar surface area (TPSA) is 105 Å². The standard InChI is InChI=1S/C31H41N3O6S/c1-30(2,3)40-29(36)32-25(20-22-13-18-39-27-12-8-5-9-23(27)19-22)28(35)33-16-14-31(15-17-33)21-34(41(4,37)38)26-11-7-6-10-24(26)31/h5-12,22,25H,13-21H2,1-4H3,(H,32,36)/t22-,25-/m0/s1. The zero-order chi connectivity index (χ0) is 29.4. The number of likely N-dealkylation sites (tertiary alicyclic amines) is 1. The maximum Gasteiger partial charge on any atom is 0.408 e. The van der Waals surface area contributed by atoms with Crippen LogP contribution in [-0.2, 0) is 31.4 Å². The van der Waals surface area contributed by atoms with Gasteiger partial charge in [-0.1, -0.05) is 36.4 Å². The maximum absolute atomic E-state index is 14.0. The van der Waals surface area contributed by atoms with Crippen LogP contribution in [0.5, 0.6) is 5.75 Å². The van der Waals surface area contributed by atoms with E-state index in [1.165, 1.54) is 10.6 Å². The number of nitrogens with zero attached hydrogens (tertiary/aromatic N) is 2. The number of alkyl carbamates (subject to hydrolysis) is 1. The van der Waals surface area contributed by atoms with Crippen molar-refractivity contribution in [1.29, 1.82) is 0 Å². The average Bonchev–Trinajstić information content (AvgIpc) is 3.08. The Morgan fingerprint density at radius 1 is 1.10 bits per heavy atom. The Morgan fingerprint density at radius 2 is 1.78 bits per heavy atom. The monoisotopic (exact) mass is 583 g/mol. The normalized spacial score (nSPS) is 20.8. The number of ether oxygens (including phenoxy) is 2. The first-order chi connectivity index (χ1) is 19.3. The van der Waals surface area contributed by atoms with Crippen molar-refractivity contribution in [1.82, 2.24) is 10.2 Å². The van der Waals surface area contributed by atoms with Crippen LogP contribution in [-0.4, -0.2) is 69.5 Å². The first-order valence-corrected chi connectivity index (χ1v) is 16.3. The molecule has 0 aromatic heterocycles. The fraction of sp³-hybridized carbons (Fsp3) is 0.548. The van der Waals surface area contributed by atoms with Crippen LogP contribution in [0.15, 0.2) is 48.5 Å². The second kappa shape index (κ2) is 11.2. The summed E-state index contributed by atoms with van der Waals surface area (Å²) < 4.78 is 38.1. The number of fused-ring (bicyclic) bond motifs is 3. The molecule has 1 spiro atoms. The third-order valence-corrected chi connectivity index (χ3v) is 9.57. The first-order valence-electron chi connectivity index (χ1n) is 14.4. The molecule has 3 aliphatic rings. The molecule has 0 bridgehead atoms. The van der Waals surface area contributed by atoms with Crippen molar-refractivity contribution in [3.8, 4) is 5.75 Å². The molecule has 1 N–H and O–H groups in total. The second-order valence-electron chi connectivity index (χ2n) is 12.6. The first kappa shape index (κ1) is 29.2. The van der Waals surface area contributed by atoms with Gasteiger partial charge in [0.15, 0.2) is 0 Å². The number of rotatable bonds is 5. The molecule has 0 unspecified atom stereocenters. The summed E-state index contributed by atoms with van der Waals surface area (Å²) in [6.45, 7) is 7.29. The predicted octanol–water partition coefficient (Wildman–Crippen LogP) is 4.25. The molecule has 3 aliphatic heterocycles. The molecule has 0 aliphatic carbocycles. The molecule has 0 saturated carbocycles. The molecule has 2 amide bonds. The van der Waals surface area contributed by atoms with Gasteiger partial charge in [-0.15, -0.1) is 0 Å². The molecule has 9 nitrogen and oxygen atoms in total. The van der Waals surface area contributed by atoms with Crippen LogP contribution in [0.4, 0.5) is 10.5 Å². The van der Waals surface area contributed by atoms with Gasteiger partial charge in [-0.25, -0.2) is 13.2 Å². The third kappa shape index (κ3) is 6.47. The Kier molecular flexibility index (Phi) is 7.98. The molecule has 5 rings (SSSR count). The molecule has 3 heterocycles. The van der Waals surface area contributed by atoms with E-state index in [4.69, 9.17) is 9.47 Å². The van der Waals surface area contributed by atoms with E-state index in [0.29, 0.717) is 45.5 Å². The minimum absolute atomic E-state index is 0.129. The molecule has 2 aromatic carbocycles. The summed E-state index contributed by atoms with van der Waals surface area (Å²) in [5, 5.41) is 2.89. The van der Waals surface area contributed by atoms with E-state index in [9.17, 15) is 18.0 Å². The van der Waals surface area contributed by atoms with E-state index in [1.54, 1.807) is 20.8 Å². The predicted molar refractivity (Wildman–Crippen MR) is 158 cm³/mol. The van der Waals surface area contributed by atoms with Crippen molar-refractivity contribution in [2.75, 3.05) is 36.8 Å². The van der Waals surface area contributed by atoms with Crippen LogP contribution in [0, 0.1) is 5.92 Å². The number of carbonyl (C=O) groups excluding carboxylic acids is 2. The highest BCUT2D eigenvalue weighted by Gasteiger charge is 2.48. The molecule has 2 aromatic rings. The number of anilines is 1. The number of piperidine rings is 1. The highest BCUT2D eigenvalue weighted by atomic mass is 32.2. The Labute approximate surface area is 243 Å². The lowest BCUT2D eigenvalue weighted by Crippen LogP contribution is -2.54. The average molecular weight is 584 g/mol. The maximum atomic E-state index is 14.0. The van der Waals surface area contributed by atoms with Crippen LogP contribution in [0.1, 0.15) is 57.6 Å². The van der Waals surface area contributed by atoms with Crippen molar-refractivity contribution in [2.24, 2.45) is 5.92 Å². The lowest BCUT2D eigenvalue weighted by atomic mass is 9.74. The molecule has 222 valence electrons. The lowest BCUT2D eigenvalue weighted by molar-refractivity contribution is -0.135. The fourth-order valence-corrected chi connectivity index (χ4v) is 7.45. The highest BCUT2D eigenvalue weighted by molar-refractivity contribution is 7.92. The van der Waals surface area contributed by atoms with Gasteiger partial charge in [0.1, 0.15) is 17.4 Å². The molecule has 2 atom stereocenters. The summed E-state index contributed by atoms with van der Waals surface area (Å²) in [4.78, 5) is 28.7. The van der Waals surface area contributed by atoms with Crippen LogP contribution in [0.25, 0.3) is 0 Å². The summed E-state index contributed by atoms with van der Waals surface area (Å²) in [5.74, 6) is 0.887. The number of carbonyl (C=O) groups is 2. The Balaban J connectivity index is 1.32. The summed E-state index contributed by atoms with van der Waals surface area (Å²) >= 11 is 0. The van der Waals surface area contributed by atoms with Gasteiger partial charge in [0.25, 0.3) is 0 Å². The highest BCUT2D eigenvalue weighted by Crippen LogP contribution is 2.48. The molecule has 1 saturated heterocycles. The van der Waals surface area contributed by atoms with Crippen molar-refractivity contribution >= 4 is 27.7 Å². The van der Waals surface area contributed by atoms with Crippen LogP contribution >= 0.6 is 0 Å². The van der Waals surface area contributed by atoms with Gasteiger partial charge in [-0.2, -0.15) is 0 Å². The van der Waals surface area contributed by atoms with Crippen molar-refractivity contribution < 1.29 is 27.5 Å². The zero-order valence-electron chi connectivity index (χ0n) is 24.4. The molecular weight excluding hydrogens is 542 g/mol. The smallest absolute Gasteiger partial charge is 0.408 e. The fourth-order valence-electron chi connectivity index (χ4n) is 6.45. The van der Waals surface area contributed by atoms with Crippen molar-refractivity contribution in [3.05, 3.63) is 59.7 Å². The molecule has 1 fully saturated rings. The number of amides is 2. The number of sulfonamides is 1. The number of hydrogen-bond donors (Lipinski definition) is 1. The summed E-state index contributed by atoms with van der Waals surface area (Å²) in [6.07, 6.45) is 3.93. The number of benzene rings is 2. The van der Waals surface area contributed by atoms with Gasteiger partial charge in [0, 0.05) is 25.0 Å². The zero-order valence-corrected chi connectivity index (χ0v) is 25.2. The Bertz CT molecular complexity index is 1390. The van der Waals surface area contributed by atoms with E-state index in [1.807, 2.05) is 47.4 Å². The molecule has 41 heavy (non-hydrogen) atoms. The minimum Gasteiger partial charge on any atom is -0.493 e.